The molecule has 0 aromatic heterocycles. The van der Waals surface area contributed by atoms with Gasteiger partial charge in [0.25, 0.3) is 0 Å². The molecular formula is C21H33N3O2. The van der Waals surface area contributed by atoms with E-state index in [-0.39, 0.29) is 6.04 Å². The number of amides is 1. The van der Waals surface area contributed by atoms with Crippen molar-refractivity contribution in [3.8, 4) is 5.75 Å². The third kappa shape index (κ3) is 4.32. The third-order valence-electron chi connectivity index (χ3n) is 5.84. The second-order valence-electron chi connectivity index (χ2n) is 8.09. The van der Waals surface area contributed by atoms with Crippen LogP contribution in [0.5, 0.6) is 5.75 Å². The second-order valence-corrected chi connectivity index (χ2v) is 8.09. The van der Waals surface area contributed by atoms with Gasteiger partial charge in [0.1, 0.15) is 5.75 Å². The number of carbonyl (C=O) groups is 1. The summed E-state index contributed by atoms with van der Waals surface area (Å²) < 4.78 is 5.24. The summed E-state index contributed by atoms with van der Waals surface area (Å²) in [5.41, 5.74) is 1.23. The molecule has 0 radical (unpaired) electrons. The van der Waals surface area contributed by atoms with E-state index in [9.17, 15) is 4.79 Å². The van der Waals surface area contributed by atoms with E-state index in [0.717, 1.165) is 45.0 Å². The molecule has 2 aliphatic heterocycles. The molecule has 3 atom stereocenters. The van der Waals surface area contributed by atoms with Gasteiger partial charge in [0.15, 0.2) is 0 Å². The van der Waals surface area contributed by atoms with Gasteiger partial charge in [-0.3, -0.25) is 9.69 Å². The molecule has 0 N–H and O–H groups in total. The van der Waals surface area contributed by atoms with Crippen molar-refractivity contribution in [1.29, 1.82) is 0 Å². The molecule has 5 heteroatoms. The maximum absolute atomic E-state index is 13.0. The van der Waals surface area contributed by atoms with Crippen LogP contribution in [0.1, 0.15) is 27.2 Å². The Bertz CT molecular complexity index is 586. The monoisotopic (exact) mass is 359 g/mol. The van der Waals surface area contributed by atoms with Crippen molar-refractivity contribution in [2.75, 3.05) is 51.3 Å². The van der Waals surface area contributed by atoms with Crippen molar-refractivity contribution in [2.24, 2.45) is 11.8 Å². The summed E-state index contributed by atoms with van der Waals surface area (Å²) in [6.45, 7) is 12.2. The molecule has 1 amide bonds. The molecule has 144 valence electrons. The van der Waals surface area contributed by atoms with E-state index in [1.165, 1.54) is 12.1 Å². The van der Waals surface area contributed by atoms with Crippen LogP contribution >= 0.6 is 0 Å². The number of carbonyl (C=O) groups excluding carboxylic acids is 1. The number of anilines is 1. The van der Waals surface area contributed by atoms with E-state index >= 15 is 0 Å². The Labute approximate surface area is 157 Å². The van der Waals surface area contributed by atoms with E-state index in [1.54, 1.807) is 7.11 Å². The Morgan fingerprint density at radius 1 is 1.04 bits per heavy atom. The summed E-state index contributed by atoms with van der Waals surface area (Å²) in [5.74, 6) is 2.42. The molecule has 0 spiro atoms. The van der Waals surface area contributed by atoms with Crippen LogP contribution < -0.4 is 9.64 Å². The first kappa shape index (κ1) is 19.0. The zero-order valence-electron chi connectivity index (χ0n) is 16.6. The van der Waals surface area contributed by atoms with Crippen LogP contribution in [0.4, 0.5) is 5.69 Å². The Hall–Kier alpha value is -1.75. The van der Waals surface area contributed by atoms with Gasteiger partial charge >= 0.3 is 0 Å². The molecule has 2 aliphatic rings. The lowest BCUT2D eigenvalue weighted by atomic mass is 9.91. The average molecular weight is 360 g/mol. The molecule has 2 saturated heterocycles. The number of hydrogen-bond donors (Lipinski definition) is 0. The number of ether oxygens (including phenoxy) is 1. The number of hydrogen-bond acceptors (Lipinski definition) is 4. The number of likely N-dealkylation sites (tertiary alicyclic amines) is 1. The number of methoxy groups -OCH3 is 1. The summed E-state index contributed by atoms with van der Waals surface area (Å²) >= 11 is 0. The average Bonchev–Trinajstić information content (AvgIpc) is 2.66. The van der Waals surface area contributed by atoms with Gasteiger partial charge in [-0.05, 0) is 49.4 Å². The van der Waals surface area contributed by atoms with Crippen LogP contribution in [-0.2, 0) is 4.79 Å². The van der Waals surface area contributed by atoms with E-state index < -0.39 is 0 Å². The van der Waals surface area contributed by atoms with Gasteiger partial charge < -0.3 is 14.5 Å². The normalized spacial score (nSPS) is 25.8. The van der Waals surface area contributed by atoms with Crippen molar-refractivity contribution in [3.05, 3.63) is 24.3 Å². The standard InChI is InChI=1S/C21H33N3O2/c1-16-13-17(2)15-24(14-16)21(25)18(3)22-9-11-23(12-10-22)19-5-7-20(26-4)8-6-19/h5-8,16-18H,9-15H2,1-4H3/t16-,17-,18-/m1/s1. The molecule has 2 heterocycles. The minimum Gasteiger partial charge on any atom is -0.497 e. The fourth-order valence-electron chi connectivity index (χ4n) is 4.42. The maximum Gasteiger partial charge on any atom is 0.239 e. The fraction of sp³-hybridized carbons (Fsp3) is 0.667. The van der Waals surface area contributed by atoms with Crippen LogP contribution in [0.25, 0.3) is 0 Å². The van der Waals surface area contributed by atoms with Crippen LogP contribution in [0, 0.1) is 11.8 Å². The number of piperazine rings is 1. The summed E-state index contributed by atoms with van der Waals surface area (Å²) in [4.78, 5) is 19.8. The summed E-state index contributed by atoms with van der Waals surface area (Å²) in [5, 5.41) is 0. The van der Waals surface area contributed by atoms with Gasteiger partial charge in [-0.2, -0.15) is 0 Å². The molecule has 3 rings (SSSR count). The Morgan fingerprint density at radius 2 is 1.62 bits per heavy atom. The predicted octanol–water partition coefficient (Wildman–Crippen LogP) is 2.71. The topological polar surface area (TPSA) is 36.0 Å². The van der Waals surface area contributed by atoms with Crippen molar-refractivity contribution in [3.63, 3.8) is 0 Å². The highest BCUT2D eigenvalue weighted by atomic mass is 16.5. The third-order valence-corrected chi connectivity index (χ3v) is 5.84. The van der Waals surface area contributed by atoms with Crippen molar-refractivity contribution < 1.29 is 9.53 Å². The van der Waals surface area contributed by atoms with Crippen LogP contribution in [0.2, 0.25) is 0 Å². The second kappa shape index (κ2) is 8.30. The number of nitrogens with zero attached hydrogens (tertiary/aromatic N) is 3. The summed E-state index contributed by atoms with van der Waals surface area (Å²) in [7, 11) is 1.69. The first-order valence-corrected chi connectivity index (χ1v) is 9.89. The molecule has 0 aliphatic carbocycles. The van der Waals surface area contributed by atoms with Crippen molar-refractivity contribution >= 4 is 11.6 Å². The molecule has 5 nitrogen and oxygen atoms in total. The van der Waals surface area contributed by atoms with Crippen molar-refractivity contribution in [2.45, 2.75) is 33.2 Å². The number of rotatable bonds is 4. The largest absolute Gasteiger partial charge is 0.497 e. The smallest absolute Gasteiger partial charge is 0.239 e. The van der Waals surface area contributed by atoms with E-state index in [2.05, 4.69) is 47.6 Å². The Balaban J connectivity index is 1.54. The first-order valence-electron chi connectivity index (χ1n) is 9.89. The van der Waals surface area contributed by atoms with Gasteiger partial charge in [0.05, 0.1) is 13.2 Å². The Morgan fingerprint density at radius 3 is 2.15 bits per heavy atom. The minimum atomic E-state index is -0.0227. The molecule has 1 aromatic rings. The highest BCUT2D eigenvalue weighted by molar-refractivity contribution is 5.81. The molecule has 0 unspecified atom stereocenters. The quantitative estimate of drug-likeness (QED) is 0.828. The highest BCUT2D eigenvalue weighted by Crippen LogP contribution is 2.24. The van der Waals surface area contributed by atoms with E-state index in [4.69, 9.17) is 4.74 Å². The molecule has 26 heavy (non-hydrogen) atoms. The first-order chi connectivity index (χ1) is 12.5. The lowest BCUT2D eigenvalue weighted by Crippen LogP contribution is -2.56. The maximum atomic E-state index is 13.0. The molecule has 2 fully saturated rings. The van der Waals surface area contributed by atoms with Gasteiger partial charge in [-0.15, -0.1) is 0 Å². The van der Waals surface area contributed by atoms with Crippen LogP contribution in [-0.4, -0.2) is 68.1 Å². The zero-order chi connectivity index (χ0) is 18.7. The zero-order valence-corrected chi connectivity index (χ0v) is 16.6. The molecular weight excluding hydrogens is 326 g/mol. The molecule has 1 aromatic carbocycles. The van der Waals surface area contributed by atoms with Crippen LogP contribution in [0.3, 0.4) is 0 Å². The van der Waals surface area contributed by atoms with Crippen molar-refractivity contribution in [1.82, 2.24) is 9.80 Å². The SMILES string of the molecule is COc1ccc(N2CCN([C@H](C)C(=O)N3C[C@H](C)C[C@@H](C)C3)CC2)cc1. The minimum absolute atomic E-state index is 0.0227. The van der Waals surface area contributed by atoms with Gasteiger partial charge in [-0.25, -0.2) is 0 Å². The lowest BCUT2D eigenvalue weighted by Gasteiger charge is -2.42. The Kier molecular flexibility index (Phi) is 6.07. The van der Waals surface area contributed by atoms with Gasteiger partial charge in [0, 0.05) is 45.0 Å². The lowest BCUT2D eigenvalue weighted by molar-refractivity contribution is -0.139. The molecule has 0 bridgehead atoms. The fourth-order valence-corrected chi connectivity index (χ4v) is 4.42. The van der Waals surface area contributed by atoms with Gasteiger partial charge in [-0.1, -0.05) is 13.8 Å². The van der Waals surface area contributed by atoms with E-state index in [1.807, 2.05) is 12.1 Å². The number of piperidine rings is 1. The van der Waals surface area contributed by atoms with Gasteiger partial charge in [0.2, 0.25) is 5.91 Å². The molecule has 0 saturated carbocycles. The summed E-state index contributed by atoms with van der Waals surface area (Å²) in [6, 6.07) is 8.21. The number of benzene rings is 1. The summed E-state index contributed by atoms with van der Waals surface area (Å²) in [6.07, 6.45) is 1.23. The van der Waals surface area contributed by atoms with Crippen LogP contribution in [0.15, 0.2) is 24.3 Å². The highest BCUT2D eigenvalue weighted by Gasteiger charge is 2.32. The predicted molar refractivity (Wildman–Crippen MR) is 106 cm³/mol. The van der Waals surface area contributed by atoms with E-state index in [0.29, 0.717) is 17.7 Å².